The lowest BCUT2D eigenvalue weighted by Crippen LogP contribution is -2.44. The Bertz CT molecular complexity index is 751. The van der Waals surface area contributed by atoms with Gasteiger partial charge in [0.15, 0.2) is 11.9 Å². The smallest absolute Gasteiger partial charge is 0.425 e. The first-order valence-electron chi connectivity index (χ1n) is 10.7. The average Bonchev–Trinajstić information content (AvgIpc) is 2.75. The number of hydrogen-bond donors (Lipinski definition) is 0. The van der Waals surface area contributed by atoms with E-state index in [9.17, 15) is 22.5 Å². The number of amides is 1. The van der Waals surface area contributed by atoms with Gasteiger partial charge in [0.2, 0.25) is 4.90 Å². The van der Waals surface area contributed by atoms with Crippen LogP contribution in [-0.4, -0.2) is 70.5 Å². The molecule has 1 aliphatic heterocycles. The molecule has 1 amide bonds. The first-order chi connectivity index (χ1) is 15.1. The van der Waals surface area contributed by atoms with E-state index in [1.165, 1.54) is 4.90 Å². The van der Waals surface area contributed by atoms with Crippen LogP contribution in [-0.2, 0) is 20.6 Å². The van der Waals surface area contributed by atoms with Crippen molar-refractivity contribution in [3.05, 3.63) is 18.5 Å². The van der Waals surface area contributed by atoms with Gasteiger partial charge in [0.25, 0.3) is 0 Å². The van der Waals surface area contributed by atoms with E-state index in [1.807, 2.05) is 0 Å². The van der Waals surface area contributed by atoms with E-state index in [-0.39, 0.29) is 18.3 Å². The molecule has 1 aromatic heterocycles. The first-order valence-corrected chi connectivity index (χ1v) is 12.3. The van der Waals surface area contributed by atoms with Gasteiger partial charge in [-0.1, -0.05) is 0 Å². The fraction of sp³-hybridized carbons (Fsp3) is 0.714. The maximum Gasteiger partial charge on any atom is 0.425 e. The number of hydrogen-bond acceptors (Lipinski definition) is 6. The molecule has 32 heavy (non-hydrogen) atoms. The molecule has 1 aromatic rings. The van der Waals surface area contributed by atoms with Crippen molar-refractivity contribution in [3.63, 3.8) is 0 Å². The quantitative estimate of drug-likeness (QED) is 0.573. The van der Waals surface area contributed by atoms with Gasteiger partial charge < -0.3 is 23.7 Å². The monoisotopic (exact) mass is 478 g/mol. The highest BCUT2D eigenvalue weighted by Gasteiger charge is 2.40. The summed E-state index contributed by atoms with van der Waals surface area (Å²) >= 11 is -1.18. The van der Waals surface area contributed by atoms with E-state index in [0.717, 1.165) is 32.6 Å². The molecule has 180 valence electrons. The zero-order valence-electron chi connectivity index (χ0n) is 18.2. The SMILES string of the molecule is CC(OC(=O)N1CCC(OC2CCC(Oc3ccncc3[S+](C)[O-])CC2)CC1)C(F)(F)F. The van der Waals surface area contributed by atoms with Crippen molar-refractivity contribution in [2.75, 3.05) is 19.3 Å². The molecule has 2 aliphatic rings. The van der Waals surface area contributed by atoms with Crippen LogP contribution in [0, 0.1) is 0 Å². The predicted octanol–water partition coefficient (Wildman–Crippen LogP) is 4.08. The fourth-order valence-corrected chi connectivity index (χ4v) is 4.49. The third-order valence-electron chi connectivity index (χ3n) is 5.79. The highest BCUT2D eigenvalue weighted by molar-refractivity contribution is 7.90. The lowest BCUT2D eigenvalue weighted by Gasteiger charge is -2.36. The third kappa shape index (κ3) is 6.89. The van der Waals surface area contributed by atoms with Crippen LogP contribution in [0.5, 0.6) is 5.75 Å². The summed E-state index contributed by atoms with van der Waals surface area (Å²) in [5.41, 5.74) is 0. The number of aromatic nitrogens is 1. The molecule has 0 aromatic carbocycles. The Morgan fingerprint density at radius 3 is 2.34 bits per heavy atom. The molecule has 0 radical (unpaired) electrons. The largest absolute Gasteiger partial charge is 0.612 e. The Labute approximate surface area is 188 Å². The molecule has 1 aliphatic carbocycles. The first kappa shape index (κ1) is 24.9. The molecule has 2 fully saturated rings. The van der Waals surface area contributed by atoms with E-state index in [0.29, 0.717) is 36.6 Å². The highest BCUT2D eigenvalue weighted by Crippen LogP contribution is 2.30. The lowest BCUT2D eigenvalue weighted by atomic mass is 9.94. The molecule has 3 rings (SSSR count). The Balaban J connectivity index is 1.38. The van der Waals surface area contributed by atoms with Crippen molar-refractivity contribution in [1.29, 1.82) is 0 Å². The van der Waals surface area contributed by atoms with E-state index in [1.54, 1.807) is 24.7 Å². The number of rotatable bonds is 6. The van der Waals surface area contributed by atoms with Gasteiger partial charge in [0.1, 0.15) is 6.26 Å². The maximum absolute atomic E-state index is 12.6. The molecule has 0 spiro atoms. The second kappa shape index (κ2) is 10.9. The molecule has 2 atom stereocenters. The van der Waals surface area contributed by atoms with Crippen molar-refractivity contribution in [3.8, 4) is 5.75 Å². The minimum atomic E-state index is -4.56. The van der Waals surface area contributed by atoms with Crippen molar-refractivity contribution in [2.45, 2.75) is 80.9 Å². The number of carbonyl (C=O) groups is 1. The number of likely N-dealkylation sites (tertiary alicyclic amines) is 1. The zero-order valence-corrected chi connectivity index (χ0v) is 19.0. The summed E-state index contributed by atoms with van der Waals surface area (Å²) < 4.78 is 66.3. The van der Waals surface area contributed by atoms with Crippen molar-refractivity contribution in [2.24, 2.45) is 0 Å². The summed E-state index contributed by atoms with van der Waals surface area (Å²) in [6.45, 7) is 1.45. The summed E-state index contributed by atoms with van der Waals surface area (Å²) in [4.78, 5) is 17.8. The van der Waals surface area contributed by atoms with Gasteiger partial charge in [0, 0.05) is 25.4 Å². The molecule has 1 saturated heterocycles. The normalized spacial score (nSPS) is 24.6. The van der Waals surface area contributed by atoms with Crippen LogP contribution in [0.4, 0.5) is 18.0 Å². The van der Waals surface area contributed by atoms with Gasteiger partial charge in [-0.05, 0) is 56.6 Å². The van der Waals surface area contributed by atoms with E-state index >= 15 is 0 Å². The van der Waals surface area contributed by atoms with E-state index < -0.39 is 29.5 Å². The second-order valence-corrected chi connectivity index (χ2v) is 9.53. The average molecular weight is 479 g/mol. The Kier molecular flexibility index (Phi) is 8.51. The van der Waals surface area contributed by atoms with Crippen molar-refractivity contribution < 1.29 is 36.7 Å². The van der Waals surface area contributed by atoms with Crippen LogP contribution in [0.2, 0.25) is 0 Å². The van der Waals surface area contributed by atoms with Crippen LogP contribution >= 0.6 is 0 Å². The highest BCUT2D eigenvalue weighted by atomic mass is 32.2. The summed E-state index contributed by atoms with van der Waals surface area (Å²) in [6.07, 6.45) is 1.62. The number of halogens is 3. The second-order valence-electron chi connectivity index (χ2n) is 8.18. The number of piperidine rings is 1. The summed E-state index contributed by atoms with van der Waals surface area (Å²) in [6, 6.07) is 1.73. The molecule has 1 saturated carbocycles. The van der Waals surface area contributed by atoms with Crippen molar-refractivity contribution >= 4 is 17.3 Å². The summed E-state index contributed by atoms with van der Waals surface area (Å²) in [5.74, 6) is 0.601. The Hall–Kier alpha value is -1.72. The molecular weight excluding hydrogens is 449 g/mol. The van der Waals surface area contributed by atoms with Crippen LogP contribution in [0.3, 0.4) is 0 Å². The molecule has 11 heteroatoms. The van der Waals surface area contributed by atoms with Gasteiger partial charge in [-0.2, -0.15) is 13.2 Å². The maximum atomic E-state index is 12.6. The topological polar surface area (TPSA) is 84.0 Å². The zero-order chi connectivity index (χ0) is 23.3. The van der Waals surface area contributed by atoms with Gasteiger partial charge in [0.05, 0.1) is 24.5 Å². The summed E-state index contributed by atoms with van der Waals surface area (Å²) in [5, 5.41) is 0. The lowest BCUT2D eigenvalue weighted by molar-refractivity contribution is -0.200. The van der Waals surface area contributed by atoms with Gasteiger partial charge in [-0.15, -0.1) is 0 Å². The fourth-order valence-electron chi connectivity index (χ4n) is 3.89. The molecule has 0 N–H and O–H groups in total. The number of nitrogens with zero attached hydrogens (tertiary/aromatic N) is 2. The molecule has 7 nitrogen and oxygen atoms in total. The van der Waals surface area contributed by atoms with Crippen LogP contribution in [0.25, 0.3) is 0 Å². The van der Waals surface area contributed by atoms with E-state index in [4.69, 9.17) is 9.47 Å². The molecule has 0 bridgehead atoms. The number of carbonyl (C=O) groups excluding carboxylic acids is 1. The molecular formula is C21H29F3N2O5S. The minimum Gasteiger partial charge on any atom is -0.612 e. The van der Waals surface area contributed by atoms with Gasteiger partial charge in [-0.3, -0.25) is 4.98 Å². The number of alkyl halides is 3. The number of ether oxygens (including phenoxy) is 3. The predicted molar refractivity (Wildman–Crippen MR) is 111 cm³/mol. The van der Waals surface area contributed by atoms with E-state index in [2.05, 4.69) is 9.72 Å². The van der Waals surface area contributed by atoms with Crippen LogP contribution in [0.1, 0.15) is 45.4 Å². The molecule has 2 heterocycles. The Morgan fingerprint density at radius 2 is 1.75 bits per heavy atom. The van der Waals surface area contributed by atoms with Crippen LogP contribution < -0.4 is 4.74 Å². The standard InChI is InChI=1S/C21H29F3N2O5S/c1-14(21(22,23)24)29-20(27)26-11-8-17(9-12-26)30-15-3-5-16(6-4-15)31-18-7-10-25-13-19(18)32(2)28/h7,10,13-17H,3-6,8-9,11-12H2,1-2H3. The summed E-state index contributed by atoms with van der Waals surface area (Å²) in [7, 11) is 0. The Morgan fingerprint density at radius 1 is 1.16 bits per heavy atom. The number of pyridine rings is 1. The molecule has 2 unspecified atom stereocenters. The van der Waals surface area contributed by atoms with Crippen molar-refractivity contribution in [1.82, 2.24) is 9.88 Å². The van der Waals surface area contributed by atoms with Crippen LogP contribution in [0.15, 0.2) is 23.4 Å². The van der Waals surface area contributed by atoms with Gasteiger partial charge >= 0.3 is 12.3 Å². The minimum absolute atomic E-state index is 0.0202. The third-order valence-corrected chi connectivity index (χ3v) is 6.72. The van der Waals surface area contributed by atoms with Gasteiger partial charge in [-0.25, -0.2) is 4.79 Å².